The highest BCUT2D eigenvalue weighted by molar-refractivity contribution is 14.1. The molecule has 0 bridgehead atoms. The molecule has 48 valence electrons. The van der Waals surface area contributed by atoms with Gasteiger partial charge in [0.25, 0.3) is 0 Å². The maximum Gasteiger partial charge on any atom is 0.146 e. The van der Waals surface area contributed by atoms with E-state index >= 15 is 0 Å². The molecule has 0 heterocycles. The van der Waals surface area contributed by atoms with Gasteiger partial charge in [-0.05, 0) is 46.9 Å². The van der Waals surface area contributed by atoms with E-state index in [1.54, 1.807) is 0 Å². The van der Waals surface area contributed by atoms with Gasteiger partial charge in [-0.25, -0.2) is 0 Å². The van der Waals surface area contributed by atoms with Crippen molar-refractivity contribution in [2.75, 3.05) is 0 Å². The average Bonchev–Trinajstić information content (AvgIpc) is 1.90. The largest absolute Gasteiger partial charge is 0.386 e. The standard InChI is InChI=1S/C6H4ClIO/c7-9-6-3-1-5(8)2-4-6/h1-4H. The van der Waals surface area contributed by atoms with E-state index < -0.39 is 0 Å². The van der Waals surface area contributed by atoms with Crippen LogP contribution in [-0.4, -0.2) is 0 Å². The summed E-state index contributed by atoms with van der Waals surface area (Å²) in [6.45, 7) is 0. The molecule has 0 atom stereocenters. The van der Waals surface area contributed by atoms with Gasteiger partial charge in [-0.1, -0.05) is 0 Å². The Morgan fingerprint density at radius 3 is 2.22 bits per heavy atom. The van der Waals surface area contributed by atoms with Gasteiger partial charge in [0.2, 0.25) is 0 Å². The number of hydrogen-bond donors (Lipinski definition) is 0. The molecular weight excluding hydrogens is 250 g/mol. The monoisotopic (exact) mass is 254 g/mol. The smallest absolute Gasteiger partial charge is 0.146 e. The minimum atomic E-state index is 0.678. The van der Waals surface area contributed by atoms with E-state index in [4.69, 9.17) is 11.9 Å². The molecule has 0 aliphatic carbocycles. The third-order valence-corrected chi connectivity index (χ3v) is 1.80. The summed E-state index contributed by atoms with van der Waals surface area (Å²) in [5.74, 6) is 0.678. The summed E-state index contributed by atoms with van der Waals surface area (Å²) in [6, 6.07) is 7.49. The lowest BCUT2D eigenvalue weighted by Gasteiger charge is -1.92. The molecule has 0 amide bonds. The zero-order chi connectivity index (χ0) is 6.69. The van der Waals surface area contributed by atoms with E-state index in [-0.39, 0.29) is 0 Å². The maximum atomic E-state index is 5.08. The second-order valence-corrected chi connectivity index (χ2v) is 2.93. The molecule has 0 N–H and O–H groups in total. The molecule has 0 spiro atoms. The van der Waals surface area contributed by atoms with Crippen molar-refractivity contribution in [1.29, 1.82) is 0 Å². The van der Waals surface area contributed by atoms with Crippen LogP contribution in [0.15, 0.2) is 24.3 Å². The van der Waals surface area contributed by atoms with Crippen molar-refractivity contribution in [3.05, 3.63) is 27.8 Å². The molecule has 3 heteroatoms. The highest BCUT2D eigenvalue weighted by Crippen LogP contribution is 2.13. The van der Waals surface area contributed by atoms with Gasteiger partial charge in [0.15, 0.2) is 0 Å². The Kier molecular flexibility index (Phi) is 2.60. The summed E-state index contributed by atoms with van der Waals surface area (Å²) in [5.41, 5.74) is 0. The normalized spacial score (nSPS) is 9.11. The first-order valence-electron chi connectivity index (χ1n) is 2.37. The Hall–Kier alpha value is 0.0400. The second-order valence-electron chi connectivity index (χ2n) is 1.53. The first-order valence-corrected chi connectivity index (χ1v) is 3.76. The van der Waals surface area contributed by atoms with Crippen LogP contribution in [0, 0.1) is 3.57 Å². The summed E-state index contributed by atoms with van der Waals surface area (Å²) in [5, 5.41) is 0. The summed E-state index contributed by atoms with van der Waals surface area (Å²) in [7, 11) is 0. The molecule has 0 fully saturated rings. The van der Waals surface area contributed by atoms with Gasteiger partial charge in [0.1, 0.15) is 17.6 Å². The lowest BCUT2D eigenvalue weighted by Crippen LogP contribution is -1.73. The zero-order valence-electron chi connectivity index (χ0n) is 4.47. The van der Waals surface area contributed by atoms with Crippen molar-refractivity contribution < 1.29 is 4.29 Å². The van der Waals surface area contributed by atoms with Crippen LogP contribution in [0.25, 0.3) is 0 Å². The number of rotatable bonds is 1. The van der Waals surface area contributed by atoms with Crippen LogP contribution in [0.2, 0.25) is 0 Å². The fourth-order valence-electron chi connectivity index (χ4n) is 0.486. The Morgan fingerprint density at radius 2 is 1.78 bits per heavy atom. The summed E-state index contributed by atoms with van der Waals surface area (Å²) >= 11 is 7.29. The van der Waals surface area contributed by atoms with Crippen LogP contribution in [-0.2, 0) is 0 Å². The number of benzene rings is 1. The highest BCUT2D eigenvalue weighted by atomic mass is 127. The van der Waals surface area contributed by atoms with Crippen LogP contribution >= 0.6 is 34.5 Å². The lowest BCUT2D eigenvalue weighted by molar-refractivity contribution is 0.619. The predicted octanol–water partition coefficient (Wildman–Crippen LogP) is 2.82. The van der Waals surface area contributed by atoms with Gasteiger partial charge in [0, 0.05) is 3.57 Å². The summed E-state index contributed by atoms with van der Waals surface area (Å²) in [4.78, 5) is 0. The van der Waals surface area contributed by atoms with Crippen molar-refractivity contribution in [3.63, 3.8) is 0 Å². The van der Waals surface area contributed by atoms with Crippen LogP contribution in [0.1, 0.15) is 0 Å². The van der Waals surface area contributed by atoms with Crippen LogP contribution in [0.4, 0.5) is 0 Å². The molecule has 0 radical (unpaired) electrons. The molecule has 0 aromatic heterocycles. The first kappa shape index (κ1) is 7.15. The Labute approximate surface area is 72.3 Å². The molecule has 1 rings (SSSR count). The fraction of sp³-hybridized carbons (Fsp3) is 0. The quantitative estimate of drug-likeness (QED) is 0.700. The van der Waals surface area contributed by atoms with Gasteiger partial charge in [-0.2, -0.15) is 0 Å². The van der Waals surface area contributed by atoms with E-state index in [9.17, 15) is 0 Å². The fourth-order valence-corrected chi connectivity index (χ4v) is 0.948. The van der Waals surface area contributed by atoms with Crippen LogP contribution in [0.5, 0.6) is 5.75 Å². The van der Waals surface area contributed by atoms with E-state index in [1.165, 1.54) is 3.57 Å². The SMILES string of the molecule is ClOc1ccc(I)cc1. The minimum Gasteiger partial charge on any atom is -0.386 e. The summed E-state index contributed by atoms with van der Waals surface area (Å²) in [6.07, 6.45) is 0. The van der Waals surface area contributed by atoms with Crippen molar-refractivity contribution >= 4 is 34.5 Å². The third-order valence-electron chi connectivity index (χ3n) is 0.903. The van der Waals surface area contributed by atoms with Crippen LogP contribution < -0.4 is 4.29 Å². The molecule has 1 nitrogen and oxygen atoms in total. The highest BCUT2D eigenvalue weighted by Gasteiger charge is 1.88. The lowest BCUT2D eigenvalue weighted by atomic mass is 10.3. The Bertz CT molecular complexity index is 185. The molecular formula is C6H4ClIO. The molecule has 0 aliphatic heterocycles. The predicted molar refractivity (Wildman–Crippen MR) is 45.6 cm³/mol. The third kappa shape index (κ3) is 2.02. The van der Waals surface area contributed by atoms with Gasteiger partial charge < -0.3 is 4.29 Å². The van der Waals surface area contributed by atoms with E-state index in [0.717, 1.165) is 0 Å². The maximum absolute atomic E-state index is 5.08. The van der Waals surface area contributed by atoms with Gasteiger partial charge in [-0.15, -0.1) is 0 Å². The second kappa shape index (κ2) is 3.27. The van der Waals surface area contributed by atoms with Crippen LogP contribution in [0.3, 0.4) is 0 Å². The zero-order valence-corrected chi connectivity index (χ0v) is 7.39. The van der Waals surface area contributed by atoms with Crippen molar-refractivity contribution in [3.8, 4) is 5.75 Å². The van der Waals surface area contributed by atoms with Crippen molar-refractivity contribution in [2.45, 2.75) is 0 Å². The molecule has 1 aromatic carbocycles. The molecule has 1 aromatic rings. The summed E-state index contributed by atoms with van der Waals surface area (Å²) < 4.78 is 5.61. The van der Waals surface area contributed by atoms with E-state index in [1.807, 2.05) is 24.3 Å². The number of hydrogen-bond acceptors (Lipinski definition) is 1. The Morgan fingerprint density at radius 1 is 1.22 bits per heavy atom. The van der Waals surface area contributed by atoms with Gasteiger partial charge in [0.05, 0.1) is 0 Å². The molecule has 9 heavy (non-hydrogen) atoms. The first-order chi connectivity index (χ1) is 4.33. The number of halogens is 2. The molecule has 0 unspecified atom stereocenters. The Balaban J connectivity index is 2.88. The minimum absolute atomic E-state index is 0.678. The molecule has 0 saturated heterocycles. The van der Waals surface area contributed by atoms with Crippen molar-refractivity contribution in [1.82, 2.24) is 0 Å². The van der Waals surface area contributed by atoms with E-state index in [2.05, 4.69) is 26.9 Å². The van der Waals surface area contributed by atoms with E-state index in [0.29, 0.717) is 5.75 Å². The average molecular weight is 254 g/mol. The molecule has 0 saturated carbocycles. The van der Waals surface area contributed by atoms with Crippen molar-refractivity contribution in [2.24, 2.45) is 0 Å². The van der Waals surface area contributed by atoms with Gasteiger partial charge >= 0.3 is 0 Å². The topological polar surface area (TPSA) is 9.23 Å². The van der Waals surface area contributed by atoms with Gasteiger partial charge in [-0.3, -0.25) is 0 Å². The molecule has 0 aliphatic rings.